The summed E-state index contributed by atoms with van der Waals surface area (Å²) in [7, 11) is 1.40. The van der Waals surface area contributed by atoms with Gasteiger partial charge in [-0.1, -0.05) is 30.1 Å². The van der Waals surface area contributed by atoms with Gasteiger partial charge in [0.05, 0.1) is 15.7 Å². The smallest absolute Gasteiger partial charge is 0.339 e. The highest BCUT2D eigenvalue weighted by Gasteiger charge is 2.32. The van der Waals surface area contributed by atoms with Crippen LogP contribution < -0.4 is 5.32 Å². The van der Waals surface area contributed by atoms with Gasteiger partial charge >= 0.3 is 5.97 Å². The van der Waals surface area contributed by atoms with E-state index < -0.39 is 17.5 Å². The molecule has 0 saturated heterocycles. The number of amides is 1. The molecule has 110 valence electrons. The molecule has 1 unspecified atom stereocenters. The fourth-order valence-electron chi connectivity index (χ4n) is 1.53. The van der Waals surface area contributed by atoms with E-state index in [4.69, 9.17) is 27.9 Å². The minimum Gasteiger partial charge on any atom is -0.478 e. The van der Waals surface area contributed by atoms with Gasteiger partial charge in [-0.15, -0.1) is 0 Å². The number of carboxylic acid groups (broad SMARTS) is 1. The van der Waals surface area contributed by atoms with Gasteiger partial charge in [0.1, 0.15) is 11.2 Å². The predicted molar refractivity (Wildman–Crippen MR) is 77.8 cm³/mol. The second kappa shape index (κ2) is 6.43. The molecule has 1 atom stereocenters. The molecule has 0 radical (unpaired) electrons. The minimum atomic E-state index is -1.27. The Balaban J connectivity index is 3.25. The first kappa shape index (κ1) is 16.8. The van der Waals surface area contributed by atoms with Crippen molar-refractivity contribution in [1.82, 2.24) is 0 Å². The lowest BCUT2D eigenvalue weighted by Crippen LogP contribution is -2.41. The second-order valence-electron chi connectivity index (χ2n) is 4.33. The molecule has 1 rings (SSSR count). The van der Waals surface area contributed by atoms with E-state index in [0.29, 0.717) is 6.42 Å². The SMILES string of the molecule is CCC(C)(OC)C(=O)Nc1c(Cl)ccc(Cl)c1C(=O)O. The van der Waals surface area contributed by atoms with Gasteiger partial charge < -0.3 is 15.2 Å². The third-order valence-electron chi connectivity index (χ3n) is 3.16. The van der Waals surface area contributed by atoms with Crippen LogP contribution in [-0.4, -0.2) is 29.7 Å². The number of benzene rings is 1. The summed E-state index contributed by atoms with van der Waals surface area (Å²) in [5, 5.41) is 11.7. The van der Waals surface area contributed by atoms with E-state index in [2.05, 4.69) is 5.32 Å². The van der Waals surface area contributed by atoms with Crippen molar-refractivity contribution < 1.29 is 19.4 Å². The number of nitrogens with one attached hydrogen (secondary N) is 1. The number of carbonyl (C=O) groups excluding carboxylic acids is 1. The van der Waals surface area contributed by atoms with Crippen LogP contribution in [0.1, 0.15) is 30.6 Å². The maximum absolute atomic E-state index is 12.2. The van der Waals surface area contributed by atoms with Crippen molar-refractivity contribution in [2.24, 2.45) is 0 Å². The highest BCUT2D eigenvalue weighted by atomic mass is 35.5. The van der Waals surface area contributed by atoms with Gasteiger partial charge in [-0.2, -0.15) is 0 Å². The van der Waals surface area contributed by atoms with Crippen molar-refractivity contribution in [1.29, 1.82) is 0 Å². The summed E-state index contributed by atoms with van der Waals surface area (Å²) in [5.74, 6) is -1.77. The number of hydrogen-bond donors (Lipinski definition) is 2. The average Bonchev–Trinajstić information content (AvgIpc) is 2.41. The number of aromatic carboxylic acids is 1. The van der Waals surface area contributed by atoms with E-state index in [1.54, 1.807) is 13.8 Å². The highest BCUT2D eigenvalue weighted by molar-refractivity contribution is 6.38. The normalized spacial score (nSPS) is 13.7. The van der Waals surface area contributed by atoms with Crippen LogP contribution in [0.4, 0.5) is 5.69 Å². The van der Waals surface area contributed by atoms with Gasteiger partial charge in [-0.05, 0) is 25.5 Å². The number of rotatable bonds is 5. The summed E-state index contributed by atoms with van der Waals surface area (Å²) >= 11 is 11.8. The Labute approximate surface area is 126 Å². The molecule has 1 amide bonds. The van der Waals surface area contributed by atoms with Crippen LogP contribution in [0.15, 0.2) is 12.1 Å². The molecule has 1 aromatic rings. The lowest BCUT2D eigenvalue weighted by molar-refractivity contribution is -0.136. The summed E-state index contributed by atoms with van der Waals surface area (Å²) in [5.41, 5.74) is -1.36. The van der Waals surface area contributed by atoms with Crippen LogP contribution in [0.2, 0.25) is 10.0 Å². The fourth-order valence-corrected chi connectivity index (χ4v) is 1.97. The number of ether oxygens (including phenoxy) is 1. The fraction of sp³-hybridized carbons (Fsp3) is 0.385. The maximum Gasteiger partial charge on any atom is 0.339 e. The maximum atomic E-state index is 12.2. The van der Waals surface area contributed by atoms with Crippen LogP contribution in [0.3, 0.4) is 0 Å². The largest absolute Gasteiger partial charge is 0.478 e. The molecule has 1 aromatic carbocycles. The van der Waals surface area contributed by atoms with Crippen molar-refractivity contribution in [2.75, 3.05) is 12.4 Å². The molecule has 20 heavy (non-hydrogen) atoms. The van der Waals surface area contributed by atoms with Crippen LogP contribution in [0.25, 0.3) is 0 Å². The number of anilines is 1. The van der Waals surface area contributed by atoms with Crippen molar-refractivity contribution in [3.63, 3.8) is 0 Å². The van der Waals surface area contributed by atoms with Crippen molar-refractivity contribution in [2.45, 2.75) is 25.9 Å². The molecule has 0 saturated carbocycles. The van der Waals surface area contributed by atoms with Gasteiger partial charge in [0.2, 0.25) is 0 Å². The van der Waals surface area contributed by atoms with E-state index >= 15 is 0 Å². The monoisotopic (exact) mass is 319 g/mol. The van der Waals surface area contributed by atoms with Gasteiger partial charge in [0.15, 0.2) is 0 Å². The highest BCUT2D eigenvalue weighted by Crippen LogP contribution is 2.33. The molecule has 0 bridgehead atoms. The Morgan fingerprint density at radius 2 is 1.90 bits per heavy atom. The van der Waals surface area contributed by atoms with Crippen LogP contribution in [-0.2, 0) is 9.53 Å². The molecule has 0 aromatic heterocycles. The quantitative estimate of drug-likeness (QED) is 0.871. The van der Waals surface area contributed by atoms with Crippen molar-refractivity contribution in [3.05, 3.63) is 27.7 Å². The third kappa shape index (κ3) is 3.23. The standard InChI is InChI=1S/C13H15Cl2NO4/c1-4-13(2,20-3)12(19)16-10-8(15)6-5-7(14)9(10)11(17)18/h5-6H,4H2,1-3H3,(H,16,19)(H,17,18). The Morgan fingerprint density at radius 3 is 2.35 bits per heavy atom. The van der Waals surface area contributed by atoms with Gasteiger partial charge in [0, 0.05) is 7.11 Å². The molecule has 0 heterocycles. The Morgan fingerprint density at radius 1 is 1.35 bits per heavy atom. The molecular formula is C13H15Cl2NO4. The summed E-state index contributed by atoms with van der Waals surface area (Å²) in [6.07, 6.45) is 0.413. The Kier molecular flexibility index (Phi) is 5.39. The summed E-state index contributed by atoms with van der Waals surface area (Å²) in [6, 6.07) is 2.78. The minimum absolute atomic E-state index is 0.00665. The summed E-state index contributed by atoms with van der Waals surface area (Å²) in [6.45, 7) is 3.38. The number of carboxylic acids is 1. The van der Waals surface area contributed by atoms with E-state index in [-0.39, 0.29) is 21.3 Å². The van der Waals surface area contributed by atoms with Crippen LogP contribution in [0, 0.1) is 0 Å². The average molecular weight is 320 g/mol. The number of hydrogen-bond acceptors (Lipinski definition) is 3. The molecule has 5 nitrogen and oxygen atoms in total. The lowest BCUT2D eigenvalue weighted by atomic mass is 10.0. The van der Waals surface area contributed by atoms with E-state index in [9.17, 15) is 14.7 Å². The molecule has 0 aliphatic rings. The number of methoxy groups -OCH3 is 1. The van der Waals surface area contributed by atoms with Gasteiger partial charge in [-0.25, -0.2) is 4.79 Å². The molecule has 7 heteroatoms. The molecular weight excluding hydrogens is 305 g/mol. The van der Waals surface area contributed by atoms with Gasteiger partial charge in [0.25, 0.3) is 5.91 Å². The molecule has 0 aliphatic carbocycles. The van der Waals surface area contributed by atoms with Crippen LogP contribution in [0.5, 0.6) is 0 Å². The van der Waals surface area contributed by atoms with E-state index in [1.807, 2.05) is 0 Å². The zero-order valence-corrected chi connectivity index (χ0v) is 12.8. The van der Waals surface area contributed by atoms with E-state index in [0.717, 1.165) is 0 Å². The first-order chi connectivity index (χ1) is 9.26. The Bertz CT molecular complexity index is 541. The first-order valence-electron chi connectivity index (χ1n) is 5.84. The van der Waals surface area contributed by atoms with Crippen molar-refractivity contribution >= 4 is 40.8 Å². The molecule has 0 fully saturated rings. The van der Waals surface area contributed by atoms with E-state index in [1.165, 1.54) is 19.2 Å². The lowest BCUT2D eigenvalue weighted by Gasteiger charge is -2.26. The number of halogens is 2. The van der Waals surface area contributed by atoms with Crippen LogP contribution >= 0.6 is 23.2 Å². The second-order valence-corrected chi connectivity index (χ2v) is 5.14. The number of carbonyl (C=O) groups is 2. The predicted octanol–water partition coefficient (Wildman–Crippen LogP) is 3.45. The van der Waals surface area contributed by atoms with Crippen molar-refractivity contribution in [3.8, 4) is 0 Å². The molecule has 2 N–H and O–H groups in total. The third-order valence-corrected chi connectivity index (χ3v) is 3.79. The zero-order valence-electron chi connectivity index (χ0n) is 11.3. The first-order valence-corrected chi connectivity index (χ1v) is 6.60. The molecule has 0 spiro atoms. The zero-order chi connectivity index (χ0) is 15.5. The molecule has 0 aliphatic heterocycles. The van der Waals surface area contributed by atoms with Gasteiger partial charge in [-0.3, -0.25) is 4.79 Å². The summed E-state index contributed by atoms with van der Waals surface area (Å²) < 4.78 is 5.16. The Hall–Kier alpha value is -1.30. The summed E-state index contributed by atoms with van der Waals surface area (Å²) in [4.78, 5) is 23.4. The topological polar surface area (TPSA) is 75.6 Å².